The second kappa shape index (κ2) is 5.87. The maximum atomic E-state index is 12.1. The second-order valence-corrected chi connectivity index (χ2v) is 3.15. The molecule has 0 bridgehead atoms. The number of carbonyl (C=O) groups is 1. The Morgan fingerprint density at radius 3 is 2.21 bits per heavy atom. The number of carboxylic acid groups (broad SMARTS) is 1. The summed E-state index contributed by atoms with van der Waals surface area (Å²) in [5.41, 5.74) is 0. The van der Waals surface area contributed by atoms with E-state index in [4.69, 9.17) is 10.2 Å². The van der Waals surface area contributed by atoms with E-state index < -0.39 is 18.0 Å². The fraction of sp³-hybridized carbons (Fsp3) is 0.875. The molecule has 1 aliphatic rings. The molecule has 0 aromatic carbocycles. The number of aliphatic hydroxyl groups is 1. The van der Waals surface area contributed by atoms with Crippen LogP contribution < -0.4 is 5.32 Å². The van der Waals surface area contributed by atoms with Crippen LogP contribution in [0.4, 0.5) is 8.78 Å². The highest BCUT2D eigenvalue weighted by atomic mass is 19.3. The van der Waals surface area contributed by atoms with E-state index in [-0.39, 0.29) is 13.0 Å². The number of aliphatic carboxylic acids is 1. The Hall–Kier alpha value is -0.750. The van der Waals surface area contributed by atoms with E-state index in [1.807, 2.05) is 0 Å². The van der Waals surface area contributed by atoms with Crippen molar-refractivity contribution in [3.63, 3.8) is 0 Å². The molecular weight excluding hydrogens is 196 g/mol. The number of hydrogen-bond donors (Lipinski definition) is 3. The molecule has 1 aliphatic heterocycles. The molecule has 0 amide bonds. The first-order chi connectivity index (χ1) is 6.35. The van der Waals surface area contributed by atoms with Crippen molar-refractivity contribution in [2.75, 3.05) is 13.1 Å². The molecule has 1 fully saturated rings. The van der Waals surface area contributed by atoms with Crippen molar-refractivity contribution >= 4 is 5.97 Å². The molecule has 0 aromatic heterocycles. The molecule has 1 rings (SSSR count). The van der Waals surface area contributed by atoms with E-state index in [0.29, 0.717) is 6.42 Å². The van der Waals surface area contributed by atoms with Gasteiger partial charge in [0.25, 0.3) is 5.92 Å². The Morgan fingerprint density at radius 1 is 1.57 bits per heavy atom. The predicted octanol–water partition coefficient (Wildman–Crippen LogP) is 0.457. The lowest BCUT2D eigenvalue weighted by atomic mass is 10.1. The highest BCUT2D eigenvalue weighted by Crippen LogP contribution is 2.21. The summed E-state index contributed by atoms with van der Waals surface area (Å²) in [4.78, 5) is 9.45. The molecule has 1 atom stereocenters. The summed E-state index contributed by atoms with van der Waals surface area (Å²) in [5.74, 6) is -3.62. The van der Waals surface area contributed by atoms with Gasteiger partial charge in [0, 0.05) is 6.42 Å². The van der Waals surface area contributed by atoms with Gasteiger partial charge in [0.15, 0.2) is 0 Å². The van der Waals surface area contributed by atoms with Crippen LogP contribution in [-0.2, 0) is 4.79 Å². The molecule has 1 heterocycles. The second-order valence-electron chi connectivity index (χ2n) is 3.15. The van der Waals surface area contributed by atoms with Gasteiger partial charge >= 0.3 is 5.97 Å². The highest BCUT2D eigenvalue weighted by Gasteiger charge is 2.30. The van der Waals surface area contributed by atoms with Crippen LogP contribution in [0.15, 0.2) is 0 Å². The van der Waals surface area contributed by atoms with E-state index in [2.05, 4.69) is 5.32 Å². The number of nitrogens with one attached hydrogen (secondary N) is 1. The van der Waals surface area contributed by atoms with Gasteiger partial charge in [0.1, 0.15) is 6.10 Å². The third-order valence-corrected chi connectivity index (χ3v) is 1.64. The number of piperidine rings is 1. The first kappa shape index (κ1) is 13.2. The molecule has 0 aromatic rings. The maximum Gasteiger partial charge on any atom is 0.332 e. The van der Waals surface area contributed by atoms with Gasteiger partial charge in [-0.2, -0.15) is 0 Å². The lowest BCUT2D eigenvalue weighted by Gasteiger charge is -2.21. The van der Waals surface area contributed by atoms with Crippen LogP contribution in [0.2, 0.25) is 0 Å². The van der Waals surface area contributed by atoms with Crippen molar-refractivity contribution in [2.24, 2.45) is 0 Å². The number of hydrogen-bond acceptors (Lipinski definition) is 3. The van der Waals surface area contributed by atoms with Crippen LogP contribution in [0.1, 0.15) is 19.8 Å². The van der Waals surface area contributed by atoms with Crippen LogP contribution in [0, 0.1) is 0 Å². The molecule has 0 radical (unpaired) electrons. The number of aliphatic hydroxyl groups excluding tert-OH is 1. The molecule has 0 saturated carbocycles. The van der Waals surface area contributed by atoms with Gasteiger partial charge in [-0.15, -0.1) is 0 Å². The quantitative estimate of drug-likeness (QED) is 0.589. The fourth-order valence-corrected chi connectivity index (χ4v) is 0.832. The van der Waals surface area contributed by atoms with Gasteiger partial charge < -0.3 is 15.5 Å². The zero-order valence-corrected chi connectivity index (χ0v) is 7.96. The summed E-state index contributed by atoms with van der Waals surface area (Å²) in [6.07, 6.45) is -0.572. The maximum absolute atomic E-state index is 12.1. The first-order valence-corrected chi connectivity index (χ1v) is 4.34. The molecule has 6 heteroatoms. The van der Waals surface area contributed by atoms with Gasteiger partial charge in [0.05, 0.1) is 6.54 Å². The zero-order valence-electron chi connectivity index (χ0n) is 7.96. The molecule has 84 valence electrons. The summed E-state index contributed by atoms with van der Waals surface area (Å²) in [5, 5.41) is 18.4. The SMILES string of the molecule is C[C@H](O)C(=O)O.FC1(F)CCCNC1. The predicted molar refractivity (Wildman–Crippen MR) is 46.4 cm³/mol. The molecule has 14 heavy (non-hydrogen) atoms. The van der Waals surface area contributed by atoms with E-state index in [1.165, 1.54) is 6.92 Å². The molecule has 1 saturated heterocycles. The Kier molecular flexibility index (Phi) is 5.56. The third-order valence-electron chi connectivity index (χ3n) is 1.64. The standard InChI is InChI=1S/C5H9F2N.C3H6O3/c6-5(7)2-1-3-8-4-5;1-2(4)3(5)6/h8H,1-4H2;2,4H,1H3,(H,5,6)/t;2-/m.0/s1. The molecule has 0 spiro atoms. The lowest BCUT2D eigenvalue weighted by molar-refractivity contribution is -0.145. The topological polar surface area (TPSA) is 69.6 Å². The van der Waals surface area contributed by atoms with E-state index in [1.54, 1.807) is 0 Å². The van der Waals surface area contributed by atoms with Crippen LogP contribution in [0.25, 0.3) is 0 Å². The Morgan fingerprint density at radius 2 is 2.07 bits per heavy atom. The molecule has 0 unspecified atom stereocenters. The number of rotatable bonds is 1. The highest BCUT2D eigenvalue weighted by molar-refractivity contribution is 5.71. The minimum absolute atomic E-state index is 0.0556. The largest absolute Gasteiger partial charge is 0.479 e. The summed E-state index contributed by atoms with van der Waals surface area (Å²) in [6.45, 7) is 1.81. The number of carboxylic acids is 1. The van der Waals surface area contributed by atoms with Crippen molar-refractivity contribution in [3.8, 4) is 0 Å². The fourth-order valence-electron chi connectivity index (χ4n) is 0.832. The third kappa shape index (κ3) is 6.73. The van der Waals surface area contributed by atoms with Gasteiger partial charge in [-0.05, 0) is 19.9 Å². The smallest absolute Gasteiger partial charge is 0.332 e. The van der Waals surface area contributed by atoms with Gasteiger partial charge in [-0.1, -0.05) is 0 Å². The summed E-state index contributed by atoms with van der Waals surface area (Å²) in [6, 6.07) is 0. The van der Waals surface area contributed by atoms with E-state index in [9.17, 15) is 13.6 Å². The number of halogens is 2. The first-order valence-electron chi connectivity index (χ1n) is 4.34. The van der Waals surface area contributed by atoms with Crippen molar-refractivity contribution in [1.29, 1.82) is 0 Å². The van der Waals surface area contributed by atoms with Crippen molar-refractivity contribution < 1.29 is 23.8 Å². The Balaban J connectivity index is 0.000000255. The Bertz CT molecular complexity index is 177. The summed E-state index contributed by atoms with van der Waals surface area (Å²) in [7, 11) is 0. The van der Waals surface area contributed by atoms with E-state index >= 15 is 0 Å². The van der Waals surface area contributed by atoms with Gasteiger partial charge in [0.2, 0.25) is 0 Å². The molecular formula is C8H15F2NO3. The van der Waals surface area contributed by atoms with Crippen LogP contribution in [-0.4, -0.2) is 41.3 Å². The van der Waals surface area contributed by atoms with Crippen LogP contribution in [0.5, 0.6) is 0 Å². The average molecular weight is 211 g/mol. The van der Waals surface area contributed by atoms with Crippen LogP contribution >= 0.6 is 0 Å². The molecule has 4 nitrogen and oxygen atoms in total. The van der Waals surface area contributed by atoms with Crippen LogP contribution in [0.3, 0.4) is 0 Å². The summed E-state index contributed by atoms with van der Waals surface area (Å²) >= 11 is 0. The number of alkyl halides is 2. The van der Waals surface area contributed by atoms with Crippen molar-refractivity contribution in [3.05, 3.63) is 0 Å². The Labute approximate surface area is 80.9 Å². The normalized spacial score (nSPS) is 21.7. The zero-order chi connectivity index (χ0) is 11.2. The van der Waals surface area contributed by atoms with Gasteiger partial charge in [-0.25, -0.2) is 13.6 Å². The summed E-state index contributed by atoms with van der Waals surface area (Å²) < 4.78 is 24.3. The minimum Gasteiger partial charge on any atom is -0.479 e. The van der Waals surface area contributed by atoms with Crippen molar-refractivity contribution in [2.45, 2.75) is 31.8 Å². The monoisotopic (exact) mass is 211 g/mol. The van der Waals surface area contributed by atoms with Crippen molar-refractivity contribution in [1.82, 2.24) is 5.32 Å². The molecule has 3 N–H and O–H groups in total. The van der Waals surface area contributed by atoms with Gasteiger partial charge in [-0.3, -0.25) is 0 Å². The minimum atomic E-state index is -2.43. The average Bonchev–Trinajstić information content (AvgIpc) is 2.04. The lowest BCUT2D eigenvalue weighted by Crippen LogP contribution is -2.38. The van der Waals surface area contributed by atoms with E-state index in [0.717, 1.165) is 6.54 Å². The molecule has 0 aliphatic carbocycles.